The molecule has 3 aromatic carbocycles. The van der Waals surface area contributed by atoms with Crippen LogP contribution in [0.2, 0.25) is 5.02 Å². The molecule has 1 fully saturated rings. The fourth-order valence-electron chi connectivity index (χ4n) is 5.94. The molecular formula is C35H29ClN2O5. The van der Waals surface area contributed by atoms with Gasteiger partial charge in [0.2, 0.25) is 17.6 Å². The van der Waals surface area contributed by atoms with Crippen molar-refractivity contribution < 1.29 is 23.9 Å². The minimum absolute atomic E-state index is 0.000833. The van der Waals surface area contributed by atoms with Crippen LogP contribution in [0.5, 0.6) is 0 Å². The molecular weight excluding hydrogens is 564 g/mol. The lowest BCUT2D eigenvalue weighted by atomic mass is 9.78. The molecule has 4 aromatic rings. The minimum Gasteiger partial charge on any atom is -0.451 e. The SMILES string of the molecule is Cc1ccc(C(=O)C(C)OC(=O)c2cc(-c3ccc(N4C(=O)C5CC=CC(C)C5C4=O)cc3)nc3c(Cl)cccc23)cc1. The van der Waals surface area contributed by atoms with Crippen molar-refractivity contribution in [3.8, 4) is 11.3 Å². The molecule has 0 N–H and O–H groups in total. The van der Waals surface area contributed by atoms with Gasteiger partial charge in [-0.3, -0.25) is 19.3 Å². The number of esters is 1. The standard InChI is InChI=1S/C35H29ClN2O5/c1-19-10-12-23(13-11-19)32(39)21(3)43-35(42)27-18-29(37-31-25(27)7-5-9-28(31)36)22-14-16-24(17-15-22)38-33(40)26-8-4-6-20(2)30(26)34(38)41/h4-7,9-18,20-21,26,30H,8H2,1-3H3. The van der Waals surface area contributed by atoms with E-state index in [2.05, 4.69) is 0 Å². The molecule has 0 radical (unpaired) electrons. The summed E-state index contributed by atoms with van der Waals surface area (Å²) in [7, 11) is 0. The second-order valence-electron chi connectivity index (χ2n) is 11.2. The van der Waals surface area contributed by atoms with Gasteiger partial charge in [0.25, 0.3) is 0 Å². The number of benzene rings is 3. The fraction of sp³-hybridized carbons (Fsp3) is 0.229. The van der Waals surface area contributed by atoms with E-state index in [9.17, 15) is 19.2 Å². The molecule has 1 aliphatic carbocycles. The summed E-state index contributed by atoms with van der Waals surface area (Å²) in [6, 6.07) is 20.7. The summed E-state index contributed by atoms with van der Waals surface area (Å²) in [6.45, 7) is 5.44. The Bertz CT molecular complexity index is 1810. The van der Waals surface area contributed by atoms with Crippen molar-refractivity contribution in [2.24, 2.45) is 17.8 Å². The summed E-state index contributed by atoms with van der Waals surface area (Å²) in [5.41, 5.74) is 3.68. The number of anilines is 1. The van der Waals surface area contributed by atoms with E-state index in [1.165, 1.54) is 4.90 Å². The summed E-state index contributed by atoms with van der Waals surface area (Å²) >= 11 is 6.50. The van der Waals surface area contributed by atoms with Crippen LogP contribution in [0.1, 0.15) is 46.5 Å². The first-order valence-electron chi connectivity index (χ1n) is 14.2. The van der Waals surface area contributed by atoms with Gasteiger partial charge >= 0.3 is 5.97 Å². The Morgan fingerprint density at radius 1 is 1.00 bits per heavy atom. The van der Waals surface area contributed by atoms with E-state index in [-0.39, 0.29) is 40.9 Å². The third-order valence-corrected chi connectivity index (χ3v) is 8.60. The number of imide groups is 1. The summed E-state index contributed by atoms with van der Waals surface area (Å²) in [4.78, 5) is 58.8. The van der Waals surface area contributed by atoms with E-state index in [1.54, 1.807) is 67.6 Å². The number of fused-ring (bicyclic) bond motifs is 2. The van der Waals surface area contributed by atoms with Crippen molar-refractivity contribution in [2.45, 2.75) is 33.3 Å². The van der Waals surface area contributed by atoms with Crippen LogP contribution in [0.25, 0.3) is 22.2 Å². The third kappa shape index (κ3) is 5.14. The van der Waals surface area contributed by atoms with Gasteiger partial charge in [0.15, 0.2) is 6.10 Å². The van der Waals surface area contributed by atoms with Gasteiger partial charge in [-0.1, -0.05) is 84.8 Å². The molecule has 4 atom stereocenters. The maximum atomic E-state index is 13.5. The highest BCUT2D eigenvalue weighted by Gasteiger charge is 2.50. The van der Waals surface area contributed by atoms with E-state index in [1.807, 2.05) is 38.1 Å². The second-order valence-corrected chi connectivity index (χ2v) is 11.6. The summed E-state index contributed by atoms with van der Waals surface area (Å²) < 4.78 is 5.64. The van der Waals surface area contributed by atoms with Gasteiger partial charge in [-0.25, -0.2) is 9.78 Å². The Hall–Kier alpha value is -4.62. The summed E-state index contributed by atoms with van der Waals surface area (Å²) in [5.74, 6) is -2.06. The highest BCUT2D eigenvalue weighted by atomic mass is 35.5. The van der Waals surface area contributed by atoms with E-state index in [0.717, 1.165) is 5.56 Å². The predicted molar refractivity (Wildman–Crippen MR) is 165 cm³/mol. The average molecular weight is 593 g/mol. The Labute approximate surface area is 254 Å². The zero-order valence-electron chi connectivity index (χ0n) is 23.9. The molecule has 8 heteroatoms. The number of rotatable bonds is 6. The number of nitrogens with zero attached hydrogens (tertiary/aromatic N) is 2. The number of hydrogen-bond acceptors (Lipinski definition) is 6. The largest absolute Gasteiger partial charge is 0.451 e. The highest BCUT2D eigenvalue weighted by molar-refractivity contribution is 6.35. The van der Waals surface area contributed by atoms with E-state index < -0.39 is 12.1 Å². The number of carbonyl (C=O) groups is 4. The molecule has 0 spiro atoms. The Kier molecular flexibility index (Phi) is 7.44. The molecule has 6 rings (SSSR count). The number of carbonyl (C=O) groups excluding carboxylic acids is 4. The number of ketones is 1. The van der Waals surface area contributed by atoms with Crippen LogP contribution in [0, 0.1) is 24.7 Å². The molecule has 0 bridgehead atoms. The van der Waals surface area contributed by atoms with E-state index >= 15 is 0 Å². The number of amides is 2. The number of para-hydroxylation sites is 1. The van der Waals surface area contributed by atoms with Gasteiger partial charge in [0.05, 0.1) is 39.3 Å². The maximum Gasteiger partial charge on any atom is 0.339 e. The first-order valence-corrected chi connectivity index (χ1v) is 14.6. The lowest BCUT2D eigenvalue weighted by Crippen LogP contribution is -2.31. The van der Waals surface area contributed by atoms with Crippen molar-refractivity contribution in [3.05, 3.63) is 107 Å². The number of ether oxygens (including phenoxy) is 1. The van der Waals surface area contributed by atoms with Crippen molar-refractivity contribution in [1.82, 2.24) is 4.98 Å². The quantitative estimate of drug-likeness (QED) is 0.104. The van der Waals surface area contributed by atoms with Gasteiger partial charge < -0.3 is 4.74 Å². The van der Waals surface area contributed by atoms with Crippen LogP contribution < -0.4 is 4.90 Å². The minimum atomic E-state index is -1.02. The maximum absolute atomic E-state index is 13.5. The Morgan fingerprint density at radius 2 is 1.72 bits per heavy atom. The lowest BCUT2D eigenvalue weighted by molar-refractivity contribution is -0.122. The van der Waals surface area contributed by atoms with Crippen molar-refractivity contribution in [3.63, 3.8) is 0 Å². The van der Waals surface area contributed by atoms with Gasteiger partial charge in [-0.15, -0.1) is 0 Å². The van der Waals surface area contributed by atoms with E-state index in [0.29, 0.717) is 44.9 Å². The number of aryl methyl sites for hydroxylation is 1. The van der Waals surface area contributed by atoms with Gasteiger partial charge in [-0.2, -0.15) is 0 Å². The zero-order valence-corrected chi connectivity index (χ0v) is 24.7. The number of hydrogen-bond donors (Lipinski definition) is 0. The molecule has 1 aromatic heterocycles. The van der Waals surface area contributed by atoms with Crippen LogP contribution in [0.4, 0.5) is 5.69 Å². The first kappa shape index (κ1) is 28.5. The molecule has 7 nitrogen and oxygen atoms in total. The van der Waals surface area contributed by atoms with Gasteiger partial charge in [0.1, 0.15) is 0 Å². The lowest BCUT2D eigenvalue weighted by Gasteiger charge is -2.22. The predicted octanol–water partition coefficient (Wildman–Crippen LogP) is 6.99. The van der Waals surface area contributed by atoms with Gasteiger partial charge in [0, 0.05) is 16.5 Å². The third-order valence-electron chi connectivity index (χ3n) is 8.29. The monoisotopic (exact) mass is 592 g/mol. The van der Waals surface area contributed by atoms with Crippen LogP contribution in [-0.4, -0.2) is 34.7 Å². The topological polar surface area (TPSA) is 93.6 Å². The number of pyridine rings is 1. The number of Topliss-reactive ketones (excluding diaryl/α,β-unsaturated/α-hetero) is 1. The van der Waals surface area contributed by atoms with Crippen molar-refractivity contribution >= 4 is 51.8 Å². The molecule has 1 aliphatic heterocycles. The van der Waals surface area contributed by atoms with Crippen LogP contribution in [0.15, 0.2) is 84.9 Å². The molecule has 43 heavy (non-hydrogen) atoms. The zero-order chi connectivity index (χ0) is 30.4. The smallest absolute Gasteiger partial charge is 0.339 e. The number of allylic oxidation sites excluding steroid dienone is 2. The second kappa shape index (κ2) is 11.2. The number of aromatic nitrogens is 1. The molecule has 216 valence electrons. The molecule has 0 saturated carbocycles. The molecule has 2 aliphatic rings. The molecule has 2 heterocycles. The molecule has 4 unspecified atom stereocenters. The Balaban J connectivity index is 1.30. The van der Waals surface area contributed by atoms with Crippen LogP contribution in [0.3, 0.4) is 0 Å². The van der Waals surface area contributed by atoms with Crippen LogP contribution >= 0.6 is 11.6 Å². The normalized spacial score (nSPS) is 20.3. The van der Waals surface area contributed by atoms with E-state index in [4.69, 9.17) is 21.3 Å². The molecule has 2 amide bonds. The average Bonchev–Trinajstić information content (AvgIpc) is 3.27. The van der Waals surface area contributed by atoms with Gasteiger partial charge in [-0.05, 0) is 50.5 Å². The summed E-state index contributed by atoms with van der Waals surface area (Å²) in [6.07, 6.45) is 3.51. The van der Waals surface area contributed by atoms with Crippen molar-refractivity contribution in [2.75, 3.05) is 4.90 Å². The fourth-order valence-corrected chi connectivity index (χ4v) is 6.16. The molecule has 1 saturated heterocycles. The summed E-state index contributed by atoms with van der Waals surface area (Å²) in [5, 5.41) is 0.846. The number of halogens is 1. The first-order chi connectivity index (χ1) is 20.6. The Morgan fingerprint density at radius 3 is 2.42 bits per heavy atom. The van der Waals surface area contributed by atoms with Crippen molar-refractivity contribution in [1.29, 1.82) is 0 Å². The van der Waals surface area contributed by atoms with Crippen LogP contribution in [-0.2, 0) is 14.3 Å². The highest BCUT2D eigenvalue weighted by Crippen LogP contribution is 2.41.